The zero-order chi connectivity index (χ0) is 19.8. The molecule has 3 rings (SSSR count). The summed E-state index contributed by atoms with van der Waals surface area (Å²) in [7, 11) is 1.66. The van der Waals surface area contributed by atoms with Gasteiger partial charge in [0.2, 0.25) is 0 Å². The fraction of sp³-hybridized carbons (Fsp3) is 0.182. The Labute approximate surface area is 169 Å². The van der Waals surface area contributed by atoms with Crippen molar-refractivity contribution in [3.63, 3.8) is 0 Å². The van der Waals surface area contributed by atoms with Gasteiger partial charge >= 0.3 is 0 Å². The van der Waals surface area contributed by atoms with E-state index in [0.29, 0.717) is 17.1 Å². The Morgan fingerprint density at radius 2 is 1.89 bits per heavy atom. The van der Waals surface area contributed by atoms with Gasteiger partial charge in [0.25, 0.3) is 5.91 Å². The predicted octanol–water partition coefficient (Wildman–Crippen LogP) is 4.33. The molecule has 0 aliphatic rings. The number of amides is 1. The molecule has 3 aromatic rings. The Balaban J connectivity index is 1.52. The molecule has 0 spiro atoms. The zero-order valence-corrected chi connectivity index (χ0v) is 16.4. The highest BCUT2D eigenvalue weighted by molar-refractivity contribution is 6.30. The van der Waals surface area contributed by atoms with E-state index in [1.807, 2.05) is 30.3 Å². The Kier molecular flexibility index (Phi) is 6.87. The van der Waals surface area contributed by atoms with Crippen LogP contribution in [0.15, 0.2) is 67.0 Å². The highest BCUT2D eigenvalue weighted by Gasteiger charge is 2.07. The van der Waals surface area contributed by atoms with Gasteiger partial charge in [0.1, 0.15) is 5.75 Å². The quantitative estimate of drug-likeness (QED) is 0.596. The molecule has 1 heterocycles. The van der Waals surface area contributed by atoms with E-state index >= 15 is 0 Å². The first-order chi connectivity index (χ1) is 13.6. The molecular weight excluding hydrogens is 374 g/mol. The molecule has 6 heteroatoms. The van der Waals surface area contributed by atoms with Crippen molar-refractivity contribution < 1.29 is 9.53 Å². The minimum absolute atomic E-state index is 0.168. The molecule has 0 bridgehead atoms. The van der Waals surface area contributed by atoms with Crippen molar-refractivity contribution >= 4 is 23.2 Å². The summed E-state index contributed by atoms with van der Waals surface area (Å²) >= 11 is 5.87. The molecule has 28 heavy (non-hydrogen) atoms. The van der Waals surface area contributed by atoms with Crippen molar-refractivity contribution in [1.82, 2.24) is 10.3 Å². The molecule has 0 aliphatic carbocycles. The van der Waals surface area contributed by atoms with E-state index in [1.165, 1.54) is 5.56 Å². The van der Waals surface area contributed by atoms with Crippen molar-refractivity contribution in [2.45, 2.75) is 13.0 Å². The molecule has 5 nitrogen and oxygen atoms in total. The summed E-state index contributed by atoms with van der Waals surface area (Å²) < 4.78 is 5.24. The summed E-state index contributed by atoms with van der Waals surface area (Å²) in [6, 6.07) is 17.2. The SMILES string of the molecule is COc1cccc(CCNc2cncc(C(=O)NCc3ccc(Cl)cc3)c2)c1. The fourth-order valence-corrected chi connectivity index (χ4v) is 2.85. The minimum Gasteiger partial charge on any atom is -0.497 e. The molecule has 0 aliphatic heterocycles. The smallest absolute Gasteiger partial charge is 0.253 e. The Bertz CT molecular complexity index is 929. The van der Waals surface area contributed by atoms with Gasteiger partial charge < -0.3 is 15.4 Å². The van der Waals surface area contributed by atoms with Gasteiger partial charge in [0.15, 0.2) is 0 Å². The van der Waals surface area contributed by atoms with Crippen LogP contribution in [0.3, 0.4) is 0 Å². The van der Waals surface area contributed by atoms with Crippen LogP contribution in [0.1, 0.15) is 21.5 Å². The Morgan fingerprint density at radius 3 is 2.68 bits per heavy atom. The van der Waals surface area contributed by atoms with Crippen molar-refractivity contribution in [3.8, 4) is 5.75 Å². The number of nitrogens with one attached hydrogen (secondary N) is 2. The summed E-state index contributed by atoms with van der Waals surface area (Å²) in [5.41, 5.74) is 3.48. The lowest BCUT2D eigenvalue weighted by atomic mass is 10.1. The van der Waals surface area contributed by atoms with Gasteiger partial charge in [-0.2, -0.15) is 0 Å². The number of ether oxygens (including phenoxy) is 1. The lowest BCUT2D eigenvalue weighted by Crippen LogP contribution is -2.23. The maximum absolute atomic E-state index is 12.4. The molecule has 0 radical (unpaired) electrons. The van der Waals surface area contributed by atoms with Crippen LogP contribution in [0.5, 0.6) is 5.75 Å². The lowest BCUT2D eigenvalue weighted by molar-refractivity contribution is 0.0950. The van der Waals surface area contributed by atoms with E-state index in [0.717, 1.165) is 30.0 Å². The van der Waals surface area contributed by atoms with Crippen molar-refractivity contribution in [2.75, 3.05) is 19.0 Å². The Morgan fingerprint density at radius 1 is 1.07 bits per heavy atom. The van der Waals surface area contributed by atoms with Crippen LogP contribution in [0.4, 0.5) is 5.69 Å². The molecular formula is C22H22ClN3O2. The number of aromatic nitrogens is 1. The highest BCUT2D eigenvalue weighted by Crippen LogP contribution is 2.14. The number of anilines is 1. The van der Waals surface area contributed by atoms with Crippen LogP contribution in [-0.2, 0) is 13.0 Å². The normalized spacial score (nSPS) is 10.4. The standard InChI is InChI=1S/C22H22ClN3O2/c1-28-21-4-2-3-16(11-21)9-10-25-20-12-18(14-24-15-20)22(27)26-13-17-5-7-19(23)8-6-17/h2-8,11-12,14-15,25H,9-10,13H2,1H3,(H,26,27). The number of benzene rings is 2. The summed E-state index contributed by atoms with van der Waals surface area (Å²) in [5, 5.41) is 6.87. The average Bonchev–Trinajstić information content (AvgIpc) is 2.73. The molecule has 2 aromatic carbocycles. The van der Waals surface area contributed by atoms with E-state index < -0.39 is 0 Å². The second-order valence-corrected chi connectivity index (χ2v) is 6.74. The van der Waals surface area contributed by atoms with E-state index in [9.17, 15) is 4.79 Å². The molecule has 0 atom stereocenters. The number of hydrogen-bond donors (Lipinski definition) is 2. The molecule has 1 aromatic heterocycles. The molecule has 0 fully saturated rings. The number of halogens is 1. The summed E-state index contributed by atoms with van der Waals surface area (Å²) in [5.74, 6) is 0.678. The van der Waals surface area contributed by atoms with Gasteiger partial charge in [-0.25, -0.2) is 0 Å². The van der Waals surface area contributed by atoms with E-state index in [2.05, 4.69) is 21.7 Å². The van der Waals surface area contributed by atoms with Gasteiger partial charge in [-0.1, -0.05) is 35.9 Å². The number of methoxy groups -OCH3 is 1. The number of hydrogen-bond acceptors (Lipinski definition) is 4. The van der Waals surface area contributed by atoms with E-state index in [4.69, 9.17) is 16.3 Å². The van der Waals surface area contributed by atoms with Gasteiger partial charge in [0, 0.05) is 30.5 Å². The van der Waals surface area contributed by atoms with E-state index in [-0.39, 0.29) is 5.91 Å². The molecule has 0 unspecified atom stereocenters. The first kappa shape index (κ1) is 19.7. The number of carbonyl (C=O) groups excluding carboxylic acids is 1. The van der Waals surface area contributed by atoms with Gasteiger partial charge in [-0.05, 0) is 47.9 Å². The van der Waals surface area contributed by atoms with Crippen LogP contribution in [-0.4, -0.2) is 24.5 Å². The maximum atomic E-state index is 12.4. The zero-order valence-electron chi connectivity index (χ0n) is 15.6. The number of nitrogens with zero attached hydrogens (tertiary/aromatic N) is 1. The molecule has 2 N–H and O–H groups in total. The van der Waals surface area contributed by atoms with E-state index in [1.54, 1.807) is 37.7 Å². The fourth-order valence-electron chi connectivity index (χ4n) is 2.73. The van der Waals surface area contributed by atoms with Crippen LogP contribution in [0.2, 0.25) is 5.02 Å². The van der Waals surface area contributed by atoms with Gasteiger partial charge in [-0.3, -0.25) is 9.78 Å². The number of pyridine rings is 1. The van der Waals surface area contributed by atoms with Crippen LogP contribution in [0, 0.1) is 0 Å². The second kappa shape index (κ2) is 9.76. The third-order valence-electron chi connectivity index (χ3n) is 4.24. The number of rotatable bonds is 8. The minimum atomic E-state index is -0.168. The maximum Gasteiger partial charge on any atom is 0.253 e. The topological polar surface area (TPSA) is 63.2 Å². The Hall–Kier alpha value is -3.05. The largest absolute Gasteiger partial charge is 0.497 e. The summed E-state index contributed by atoms with van der Waals surface area (Å²) in [6.45, 7) is 1.16. The molecule has 1 amide bonds. The third kappa shape index (κ3) is 5.72. The predicted molar refractivity (Wildman–Crippen MR) is 112 cm³/mol. The molecule has 0 saturated carbocycles. The van der Waals surface area contributed by atoms with Crippen molar-refractivity contribution in [3.05, 3.63) is 88.7 Å². The first-order valence-electron chi connectivity index (χ1n) is 8.98. The van der Waals surface area contributed by atoms with Gasteiger partial charge in [0.05, 0.1) is 18.4 Å². The lowest BCUT2D eigenvalue weighted by Gasteiger charge is -2.09. The molecule has 0 saturated heterocycles. The number of carbonyl (C=O) groups is 1. The van der Waals surface area contributed by atoms with Crippen molar-refractivity contribution in [1.29, 1.82) is 0 Å². The van der Waals surface area contributed by atoms with Gasteiger partial charge in [-0.15, -0.1) is 0 Å². The van der Waals surface area contributed by atoms with Crippen molar-refractivity contribution in [2.24, 2.45) is 0 Å². The molecule has 144 valence electrons. The van der Waals surface area contributed by atoms with Crippen LogP contribution in [0.25, 0.3) is 0 Å². The first-order valence-corrected chi connectivity index (χ1v) is 9.36. The monoisotopic (exact) mass is 395 g/mol. The average molecular weight is 396 g/mol. The second-order valence-electron chi connectivity index (χ2n) is 6.30. The van der Waals surface area contributed by atoms with Crippen LogP contribution >= 0.6 is 11.6 Å². The third-order valence-corrected chi connectivity index (χ3v) is 4.50. The van der Waals surface area contributed by atoms with Crippen LogP contribution < -0.4 is 15.4 Å². The highest BCUT2D eigenvalue weighted by atomic mass is 35.5. The summed E-state index contributed by atoms with van der Waals surface area (Å²) in [4.78, 5) is 16.5. The summed E-state index contributed by atoms with van der Waals surface area (Å²) in [6.07, 6.45) is 4.11.